The fourth-order valence-electron chi connectivity index (χ4n) is 4.00. The van der Waals surface area contributed by atoms with Crippen molar-refractivity contribution in [2.24, 2.45) is 23.8 Å². The second-order valence-electron chi connectivity index (χ2n) is 8.19. The molecule has 0 unspecified atom stereocenters. The average molecular weight is 291 g/mol. The summed E-state index contributed by atoms with van der Waals surface area (Å²) in [7, 11) is 4.10. The van der Waals surface area contributed by atoms with Crippen LogP contribution in [0.25, 0.3) is 0 Å². The lowest BCUT2D eigenvalue weighted by Gasteiger charge is -2.44. The van der Waals surface area contributed by atoms with Crippen molar-refractivity contribution in [2.45, 2.75) is 59.3 Å². The van der Waals surface area contributed by atoms with Gasteiger partial charge in [0.1, 0.15) is 0 Å². The Bertz CT molecular complexity index is 434. The highest BCUT2D eigenvalue weighted by molar-refractivity contribution is 5.05. The largest absolute Gasteiger partial charge is 0.319 e. The van der Waals surface area contributed by atoms with Crippen LogP contribution in [0.3, 0.4) is 0 Å². The summed E-state index contributed by atoms with van der Waals surface area (Å²) in [5.41, 5.74) is 2.34. The molecule has 0 aromatic carbocycles. The molecule has 0 aliphatic heterocycles. The molecule has 1 N–H and O–H groups in total. The SMILES string of the molecule is CNCC1(CCc2cnn(C)c2)CCC(C(C)(C)C)CC1. The highest BCUT2D eigenvalue weighted by Crippen LogP contribution is 2.47. The van der Waals surface area contributed by atoms with Crippen LogP contribution in [0.2, 0.25) is 0 Å². The molecule has 1 aliphatic carbocycles. The van der Waals surface area contributed by atoms with Crippen LogP contribution in [-0.4, -0.2) is 23.4 Å². The summed E-state index contributed by atoms with van der Waals surface area (Å²) in [6.07, 6.45) is 12.1. The van der Waals surface area contributed by atoms with E-state index in [-0.39, 0.29) is 0 Å². The zero-order chi connectivity index (χ0) is 15.5. The molecule has 0 radical (unpaired) electrons. The summed E-state index contributed by atoms with van der Waals surface area (Å²) in [4.78, 5) is 0. The van der Waals surface area contributed by atoms with E-state index in [1.54, 1.807) is 0 Å². The maximum Gasteiger partial charge on any atom is 0.0521 e. The molecule has 1 aromatic heterocycles. The van der Waals surface area contributed by atoms with Crippen LogP contribution in [0.5, 0.6) is 0 Å². The lowest BCUT2D eigenvalue weighted by atomic mass is 9.62. The first-order valence-electron chi connectivity index (χ1n) is 8.47. The first-order chi connectivity index (χ1) is 9.85. The third kappa shape index (κ3) is 4.32. The van der Waals surface area contributed by atoms with Crippen molar-refractivity contribution in [3.63, 3.8) is 0 Å². The molecule has 3 nitrogen and oxygen atoms in total. The van der Waals surface area contributed by atoms with Crippen molar-refractivity contribution in [3.05, 3.63) is 18.0 Å². The number of rotatable bonds is 5. The fourth-order valence-corrected chi connectivity index (χ4v) is 4.00. The van der Waals surface area contributed by atoms with Crippen molar-refractivity contribution < 1.29 is 0 Å². The van der Waals surface area contributed by atoms with Gasteiger partial charge in [-0.15, -0.1) is 0 Å². The van der Waals surface area contributed by atoms with Gasteiger partial charge in [-0.2, -0.15) is 5.10 Å². The molecule has 1 saturated carbocycles. The van der Waals surface area contributed by atoms with Gasteiger partial charge in [-0.1, -0.05) is 20.8 Å². The second kappa shape index (κ2) is 6.51. The number of nitrogens with zero attached hydrogens (tertiary/aromatic N) is 2. The van der Waals surface area contributed by atoms with Gasteiger partial charge >= 0.3 is 0 Å². The van der Waals surface area contributed by atoms with E-state index in [9.17, 15) is 0 Å². The number of aromatic nitrogens is 2. The van der Waals surface area contributed by atoms with E-state index < -0.39 is 0 Å². The summed E-state index contributed by atoms with van der Waals surface area (Å²) in [6.45, 7) is 8.36. The highest BCUT2D eigenvalue weighted by atomic mass is 15.2. The lowest BCUT2D eigenvalue weighted by molar-refractivity contribution is 0.0813. The Balaban J connectivity index is 1.95. The van der Waals surface area contributed by atoms with Crippen LogP contribution in [0, 0.1) is 16.7 Å². The molecule has 0 amide bonds. The smallest absolute Gasteiger partial charge is 0.0521 e. The first kappa shape index (κ1) is 16.5. The molecular formula is C18H33N3. The number of hydrogen-bond donors (Lipinski definition) is 1. The predicted molar refractivity (Wildman–Crippen MR) is 89.3 cm³/mol. The van der Waals surface area contributed by atoms with Gasteiger partial charge in [-0.05, 0) is 67.9 Å². The van der Waals surface area contributed by atoms with E-state index in [2.05, 4.69) is 44.4 Å². The Morgan fingerprint density at radius 2 is 2.00 bits per heavy atom. The molecule has 1 aliphatic rings. The molecule has 1 fully saturated rings. The third-order valence-corrected chi connectivity index (χ3v) is 5.53. The quantitative estimate of drug-likeness (QED) is 0.894. The molecule has 1 heterocycles. The normalized spacial score (nSPS) is 27.0. The van der Waals surface area contributed by atoms with E-state index in [0.29, 0.717) is 10.8 Å². The van der Waals surface area contributed by atoms with Gasteiger partial charge in [0, 0.05) is 19.8 Å². The van der Waals surface area contributed by atoms with Gasteiger partial charge in [0.25, 0.3) is 0 Å². The van der Waals surface area contributed by atoms with Crippen molar-refractivity contribution in [1.29, 1.82) is 0 Å². The fraction of sp³-hybridized carbons (Fsp3) is 0.833. The topological polar surface area (TPSA) is 29.9 Å². The van der Waals surface area contributed by atoms with Crippen LogP contribution in [0.1, 0.15) is 58.4 Å². The van der Waals surface area contributed by atoms with Gasteiger partial charge < -0.3 is 5.32 Å². The minimum absolute atomic E-state index is 0.467. The minimum Gasteiger partial charge on any atom is -0.319 e. The van der Waals surface area contributed by atoms with Crippen LogP contribution >= 0.6 is 0 Å². The van der Waals surface area contributed by atoms with Gasteiger partial charge in [0.2, 0.25) is 0 Å². The van der Waals surface area contributed by atoms with E-state index in [4.69, 9.17) is 0 Å². The van der Waals surface area contributed by atoms with Gasteiger partial charge in [0.15, 0.2) is 0 Å². The zero-order valence-corrected chi connectivity index (χ0v) is 14.6. The Labute approximate surface area is 130 Å². The maximum absolute atomic E-state index is 4.29. The summed E-state index contributed by atoms with van der Waals surface area (Å²) in [5.74, 6) is 0.890. The molecule has 21 heavy (non-hydrogen) atoms. The molecule has 0 saturated heterocycles. The Morgan fingerprint density at radius 1 is 1.33 bits per heavy atom. The van der Waals surface area contributed by atoms with Crippen LogP contribution in [-0.2, 0) is 13.5 Å². The monoisotopic (exact) mass is 291 g/mol. The second-order valence-corrected chi connectivity index (χ2v) is 8.19. The number of aryl methyl sites for hydroxylation is 2. The standard InChI is InChI=1S/C18H33N3/c1-17(2,3)16-7-10-18(11-8-16,14-19-4)9-6-15-12-20-21(5)13-15/h12-13,16,19H,6-11,14H2,1-5H3. The lowest BCUT2D eigenvalue weighted by Crippen LogP contribution is -2.39. The Hall–Kier alpha value is -0.830. The van der Waals surface area contributed by atoms with E-state index in [1.165, 1.54) is 37.7 Å². The van der Waals surface area contributed by atoms with Crippen molar-refractivity contribution in [1.82, 2.24) is 15.1 Å². The van der Waals surface area contributed by atoms with Gasteiger partial charge in [-0.3, -0.25) is 4.68 Å². The van der Waals surface area contributed by atoms with E-state index >= 15 is 0 Å². The van der Waals surface area contributed by atoms with Crippen LogP contribution < -0.4 is 5.32 Å². The van der Waals surface area contributed by atoms with Crippen LogP contribution in [0.4, 0.5) is 0 Å². The summed E-state index contributed by atoms with van der Waals surface area (Å²) in [5, 5.41) is 7.75. The van der Waals surface area contributed by atoms with Crippen molar-refractivity contribution in [3.8, 4) is 0 Å². The first-order valence-corrected chi connectivity index (χ1v) is 8.47. The molecule has 0 atom stereocenters. The summed E-state index contributed by atoms with van der Waals surface area (Å²) in [6, 6.07) is 0. The summed E-state index contributed by atoms with van der Waals surface area (Å²) >= 11 is 0. The molecule has 0 bridgehead atoms. The Morgan fingerprint density at radius 3 is 2.48 bits per heavy atom. The zero-order valence-electron chi connectivity index (χ0n) is 14.6. The number of nitrogens with one attached hydrogen (secondary N) is 1. The maximum atomic E-state index is 4.29. The molecule has 1 aromatic rings. The van der Waals surface area contributed by atoms with Crippen molar-refractivity contribution in [2.75, 3.05) is 13.6 Å². The molecule has 2 rings (SSSR count). The molecule has 3 heteroatoms. The highest BCUT2D eigenvalue weighted by Gasteiger charge is 2.37. The van der Waals surface area contributed by atoms with Gasteiger partial charge in [0.05, 0.1) is 6.20 Å². The number of hydrogen-bond acceptors (Lipinski definition) is 2. The van der Waals surface area contributed by atoms with E-state index in [1.807, 2.05) is 17.9 Å². The van der Waals surface area contributed by atoms with Gasteiger partial charge in [-0.25, -0.2) is 0 Å². The average Bonchev–Trinajstić information content (AvgIpc) is 2.82. The third-order valence-electron chi connectivity index (χ3n) is 5.53. The van der Waals surface area contributed by atoms with Crippen LogP contribution in [0.15, 0.2) is 12.4 Å². The molecule has 0 spiro atoms. The minimum atomic E-state index is 0.467. The molecular weight excluding hydrogens is 258 g/mol. The summed E-state index contributed by atoms with van der Waals surface area (Å²) < 4.78 is 1.91. The molecule has 120 valence electrons. The van der Waals surface area contributed by atoms with Crippen molar-refractivity contribution >= 4 is 0 Å². The Kier molecular flexibility index (Phi) is 5.13. The van der Waals surface area contributed by atoms with E-state index in [0.717, 1.165) is 18.9 Å². The predicted octanol–water partition coefficient (Wildman–Crippen LogP) is 3.79.